The first-order chi connectivity index (χ1) is 7.24. The molecule has 0 aliphatic carbocycles. The van der Waals surface area contributed by atoms with Crippen molar-refractivity contribution in [3.63, 3.8) is 0 Å². The fraction of sp³-hybridized carbons (Fsp3) is 0.583. The Hall–Kier alpha value is -0.570. The number of hydrogen-bond acceptors (Lipinski definition) is 2. The highest BCUT2D eigenvalue weighted by Crippen LogP contribution is 2.32. The van der Waals surface area contributed by atoms with Gasteiger partial charge in [-0.25, -0.2) is 4.98 Å². The van der Waals surface area contributed by atoms with Gasteiger partial charge in [-0.2, -0.15) is 0 Å². The second kappa shape index (κ2) is 4.52. The average molecular weight is 269 g/mol. The van der Waals surface area contributed by atoms with E-state index >= 15 is 0 Å². The van der Waals surface area contributed by atoms with Crippen LogP contribution in [0.5, 0.6) is 0 Å². The van der Waals surface area contributed by atoms with Gasteiger partial charge in [-0.05, 0) is 53.7 Å². The molecule has 2 nitrogen and oxygen atoms in total. The maximum Gasteiger partial charge on any atom is 0.143 e. The summed E-state index contributed by atoms with van der Waals surface area (Å²) in [6.45, 7) is 5.52. The van der Waals surface area contributed by atoms with Gasteiger partial charge in [-0.3, -0.25) is 0 Å². The number of anilines is 1. The molecule has 15 heavy (non-hydrogen) atoms. The van der Waals surface area contributed by atoms with E-state index in [2.05, 4.69) is 39.7 Å². The Bertz CT molecular complexity index is 351. The summed E-state index contributed by atoms with van der Waals surface area (Å²) in [6, 6.07) is 2.72. The number of nitrogens with zero attached hydrogens (tertiary/aromatic N) is 2. The second-order valence-electron chi connectivity index (χ2n) is 4.16. The van der Waals surface area contributed by atoms with E-state index in [9.17, 15) is 0 Å². The predicted molar refractivity (Wildman–Crippen MR) is 67.3 cm³/mol. The van der Waals surface area contributed by atoms with Crippen LogP contribution in [0.15, 0.2) is 16.7 Å². The Morgan fingerprint density at radius 3 is 3.13 bits per heavy atom. The molecule has 2 rings (SSSR count). The lowest BCUT2D eigenvalue weighted by atomic mass is 10.1. The van der Waals surface area contributed by atoms with E-state index in [0.29, 0.717) is 6.04 Å². The van der Waals surface area contributed by atoms with Crippen molar-refractivity contribution in [2.45, 2.75) is 39.2 Å². The smallest absolute Gasteiger partial charge is 0.143 e. The molecule has 1 aliphatic heterocycles. The van der Waals surface area contributed by atoms with Crippen LogP contribution in [0.1, 0.15) is 31.7 Å². The number of aromatic nitrogens is 1. The summed E-state index contributed by atoms with van der Waals surface area (Å²) >= 11 is 3.64. The summed E-state index contributed by atoms with van der Waals surface area (Å²) < 4.78 is 1.16. The zero-order valence-electron chi connectivity index (χ0n) is 9.33. The number of aryl methyl sites for hydroxylation is 1. The van der Waals surface area contributed by atoms with Crippen LogP contribution in [0.4, 0.5) is 5.82 Å². The molecule has 0 bridgehead atoms. The van der Waals surface area contributed by atoms with E-state index in [1.54, 1.807) is 0 Å². The Morgan fingerprint density at radius 2 is 2.40 bits per heavy atom. The normalized spacial score (nSPS) is 21.0. The van der Waals surface area contributed by atoms with Crippen molar-refractivity contribution in [1.82, 2.24) is 4.98 Å². The molecule has 1 saturated heterocycles. The SMILES string of the molecule is CCC1CCCN1c1nccc(C)c1Br. The fourth-order valence-corrected chi connectivity index (χ4v) is 2.73. The molecule has 0 amide bonds. The van der Waals surface area contributed by atoms with Crippen LogP contribution in [-0.4, -0.2) is 17.6 Å². The molecule has 0 saturated carbocycles. The summed E-state index contributed by atoms with van der Waals surface area (Å²) in [5.41, 5.74) is 1.27. The minimum atomic E-state index is 0.676. The molecule has 1 aromatic heterocycles. The van der Waals surface area contributed by atoms with Gasteiger partial charge in [0.15, 0.2) is 0 Å². The van der Waals surface area contributed by atoms with E-state index in [-0.39, 0.29) is 0 Å². The maximum atomic E-state index is 4.50. The highest BCUT2D eigenvalue weighted by Gasteiger charge is 2.25. The van der Waals surface area contributed by atoms with Gasteiger partial charge < -0.3 is 4.90 Å². The molecule has 0 aromatic carbocycles. The summed E-state index contributed by atoms with van der Waals surface area (Å²) in [7, 11) is 0. The Kier molecular flexibility index (Phi) is 3.29. The number of halogens is 1. The topological polar surface area (TPSA) is 16.1 Å². The van der Waals surface area contributed by atoms with E-state index in [0.717, 1.165) is 16.8 Å². The second-order valence-corrected chi connectivity index (χ2v) is 4.96. The maximum absolute atomic E-state index is 4.50. The predicted octanol–water partition coefficient (Wildman–Crippen LogP) is 3.53. The van der Waals surface area contributed by atoms with E-state index in [1.165, 1.54) is 24.8 Å². The first kappa shape index (κ1) is 10.9. The van der Waals surface area contributed by atoms with Crippen LogP contribution < -0.4 is 4.90 Å². The van der Waals surface area contributed by atoms with Gasteiger partial charge in [0.1, 0.15) is 5.82 Å². The third kappa shape index (κ3) is 2.03. The molecule has 2 heterocycles. The fourth-order valence-electron chi connectivity index (χ4n) is 2.27. The van der Waals surface area contributed by atoms with Gasteiger partial charge in [0.2, 0.25) is 0 Å². The molecule has 1 fully saturated rings. The van der Waals surface area contributed by atoms with Gasteiger partial charge in [-0.1, -0.05) is 6.92 Å². The Balaban J connectivity index is 2.32. The summed E-state index contributed by atoms with van der Waals surface area (Å²) in [5.74, 6) is 1.12. The average Bonchev–Trinajstić information content (AvgIpc) is 2.70. The molecular weight excluding hydrogens is 252 g/mol. The lowest BCUT2D eigenvalue weighted by Crippen LogP contribution is -2.29. The van der Waals surface area contributed by atoms with Gasteiger partial charge in [-0.15, -0.1) is 0 Å². The third-order valence-corrected chi connectivity index (χ3v) is 4.16. The van der Waals surface area contributed by atoms with Crippen LogP contribution >= 0.6 is 15.9 Å². The highest BCUT2D eigenvalue weighted by molar-refractivity contribution is 9.10. The summed E-state index contributed by atoms with van der Waals surface area (Å²) in [6.07, 6.45) is 5.71. The molecule has 1 aromatic rings. The lowest BCUT2D eigenvalue weighted by Gasteiger charge is -2.26. The lowest BCUT2D eigenvalue weighted by molar-refractivity contribution is 0.639. The van der Waals surface area contributed by atoms with Crippen LogP contribution in [0.2, 0.25) is 0 Å². The first-order valence-electron chi connectivity index (χ1n) is 5.61. The molecule has 3 heteroatoms. The van der Waals surface area contributed by atoms with Crippen molar-refractivity contribution >= 4 is 21.7 Å². The van der Waals surface area contributed by atoms with E-state index in [1.807, 2.05) is 12.3 Å². The summed E-state index contributed by atoms with van der Waals surface area (Å²) in [4.78, 5) is 6.94. The van der Waals surface area contributed by atoms with Crippen molar-refractivity contribution in [1.29, 1.82) is 0 Å². The zero-order valence-corrected chi connectivity index (χ0v) is 10.9. The Morgan fingerprint density at radius 1 is 1.60 bits per heavy atom. The molecule has 1 unspecified atom stereocenters. The van der Waals surface area contributed by atoms with E-state index in [4.69, 9.17) is 0 Å². The molecule has 0 radical (unpaired) electrons. The molecule has 1 aliphatic rings. The zero-order chi connectivity index (χ0) is 10.8. The number of pyridine rings is 1. The van der Waals surface area contributed by atoms with Gasteiger partial charge in [0, 0.05) is 18.8 Å². The van der Waals surface area contributed by atoms with E-state index < -0.39 is 0 Å². The van der Waals surface area contributed by atoms with Crippen molar-refractivity contribution in [3.8, 4) is 0 Å². The molecule has 0 N–H and O–H groups in total. The van der Waals surface area contributed by atoms with Crippen LogP contribution in [-0.2, 0) is 0 Å². The van der Waals surface area contributed by atoms with Crippen LogP contribution in [0.3, 0.4) is 0 Å². The van der Waals surface area contributed by atoms with Crippen molar-refractivity contribution in [3.05, 3.63) is 22.3 Å². The number of rotatable bonds is 2. The van der Waals surface area contributed by atoms with Crippen molar-refractivity contribution < 1.29 is 0 Å². The highest BCUT2D eigenvalue weighted by atomic mass is 79.9. The van der Waals surface area contributed by atoms with Crippen LogP contribution in [0.25, 0.3) is 0 Å². The molecule has 0 spiro atoms. The van der Waals surface area contributed by atoms with Crippen molar-refractivity contribution in [2.75, 3.05) is 11.4 Å². The number of hydrogen-bond donors (Lipinski definition) is 0. The first-order valence-corrected chi connectivity index (χ1v) is 6.41. The molecule has 82 valence electrons. The van der Waals surface area contributed by atoms with Gasteiger partial charge >= 0.3 is 0 Å². The monoisotopic (exact) mass is 268 g/mol. The standard InChI is InChI=1S/C12H17BrN2/c1-3-10-5-4-8-15(10)12-11(13)9(2)6-7-14-12/h6-7,10H,3-5,8H2,1-2H3. The minimum Gasteiger partial charge on any atom is -0.353 e. The minimum absolute atomic E-state index is 0.676. The van der Waals surface area contributed by atoms with Gasteiger partial charge in [0.05, 0.1) is 4.47 Å². The van der Waals surface area contributed by atoms with Crippen molar-refractivity contribution in [2.24, 2.45) is 0 Å². The van der Waals surface area contributed by atoms with Crippen LogP contribution in [0, 0.1) is 6.92 Å². The molecule has 1 atom stereocenters. The third-order valence-electron chi connectivity index (χ3n) is 3.18. The summed E-state index contributed by atoms with van der Waals surface area (Å²) in [5, 5.41) is 0. The Labute approximate surface area is 99.8 Å². The molecular formula is C12H17BrN2. The van der Waals surface area contributed by atoms with Gasteiger partial charge in [0.25, 0.3) is 0 Å². The quantitative estimate of drug-likeness (QED) is 0.816. The largest absolute Gasteiger partial charge is 0.353 e.